The van der Waals surface area contributed by atoms with Crippen LogP contribution in [0.4, 0.5) is 5.82 Å². The van der Waals surface area contributed by atoms with Gasteiger partial charge in [-0.25, -0.2) is 15.0 Å². The van der Waals surface area contributed by atoms with E-state index in [2.05, 4.69) is 40.6 Å². The minimum absolute atomic E-state index is 0.215. The van der Waals surface area contributed by atoms with E-state index < -0.39 is 28.7 Å². The first-order valence-electron chi connectivity index (χ1n) is 8.84. The fraction of sp³-hybridized carbons (Fsp3) is 0.688. The van der Waals surface area contributed by atoms with Gasteiger partial charge in [0.05, 0.1) is 6.33 Å². The van der Waals surface area contributed by atoms with Gasteiger partial charge in [-0.1, -0.05) is 20.8 Å². The lowest BCUT2D eigenvalue weighted by atomic mass is 10.1. The molecule has 1 aliphatic heterocycles. The Labute approximate surface area is 171 Å². The maximum absolute atomic E-state index is 10.1. The smallest absolute Gasteiger partial charge is 0.167 e. The Hall–Kier alpha value is -1.12. The van der Waals surface area contributed by atoms with Gasteiger partial charge in [-0.2, -0.15) is 0 Å². The van der Waals surface area contributed by atoms with Crippen LogP contribution in [0.15, 0.2) is 12.7 Å². The highest BCUT2D eigenvalue weighted by atomic mass is 127. The topological polar surface area (TPSA) is 143 Å². The molecule has 3 rings (SSSR count). The zero-order valence-corrected chi connectivity index (χ0v) is 17.8. The number of halogens is 1. The summed E-state index contributed by atoms with van der Waals surface area (Å²) in [5, 5.41) is 29.5. The van der Waals surface area contributed by atoms with Gasteiger partial charge in [0.25, 0.3) is 0 Å². The quantitative estimate of drug-likeness (QED) is 0.337. The number of rotatable bonds is 5. The SMILES string of the molecule is CCN(CC)CC.Nc1ncnc2c1ncn2[C@@H]1O[C@H](C(O)I)[C@@H](O)[C@H]1O. The minimum Gasteiger partial charge on any atom is -0.387 e. The average molecular weight is 494 g/mol. The summed E-state index contributed by atoms with van der Waals surface area (Å²) in [6, 6.07) is 0. The van der Waals surface area contributed by atoms with Crippen molar-refractivity contribution in [3.63, 3.8) is 0 Å². The van der Waals surface area contributed by atoms with Crippen LogP contribution in [0.3, 0.4) is 0 Å². The van der Waals surface area contributed by atoms with Crippen molar-refractivity contribution in [2.45, 2.75) is 49.4 Å². The van der Waals surface area contributed by atoms with Crippen molar-refractivity contribution in [2.24, 2.45) is 0 Å². The molecule has 152 valence electrons. The highest BCUT2D eigenvalue weighted by Gasteiger charge is 2.46. The van der Waals surface area contributed by atoms with Crippen LogP contribution in [-0.2, 0) is 4.74 Å². The summed E-state index contributed by atoms with van der Waals surface area (Å²) in [5.74, 6) is 0.215. The van der Waals surface area contributed by atoms with E-state index in [-0.39, 0.29) is 5.82 Å². The van der Waals surface area contributed by atoms with Crippen molar-refractivity contribution in [1.29, 1.82) is 0 Å². The van der Waals surface area contributed by atoms with Crippen LogP contribution in [-0.4, -0.2) is 81.8 Å². The number of fused-ring (bicyclic) bond motifs is 1. The molecule has 1 saturated heterocycles. The van der Waals surface area contributed by atoms with E-state index in [1.807, 2.05) is 0 Å². The highest BCUT2D eigenvalue weighted by molar-refractivity contribution is 14.1. The molecule has 0 bridgehead atoms. The van der Waals surface area contributed by atoms with Gasteiger partial charge in [0, 0.05) is 0 Å². The van der Waals surface area contributed by atoms with Crippen molar-refractivity contribution >= 4 is 39.6 Å². The third-order valence-electron chi connectivity index (χ3n) is 4.55. The molecule has 2 aromatic heterocycles. The van der Waals surface area contributed by atoms with E-state index >= 15 is 0 Å². The number of hydrogen-bond acceptors (Lipinski definition) is 9. The molecule has 0 aliphatic carbocycles. The molecule has 0 aromatic carbocycles. The number of nitrogens with zero attached hydrogens (tertiary/aromatic N) is 5. The number of aromatic nitrogens is 4. The van der Waals surface area contributed by atoms with Crippen molar-refractivity contribution in [3.8, 4) is 0 Å². The van der Waals surface area contributed by atoms with Crippen molar-refractivity contribution in [3.05, 3.63) is 12.7 Å². The second-order valence-electron chi connectivity index (χ2n) is 6.05. The summed E-state index contributed by atoms with van der Waals surface area (Å²) < 4.78 is 6.02. The van der Waals surface area contributed by atoms with Crippen LogP contribution in [0.2, 0.25) is 0 Å². The van der Waals surface area contributed by atoms with E-state index in [1.165, 1.54) is 36.9 Å². The lowest BCUT2D eigenvalue weighted by Gasteiger charge is -2.16. The van der Waals surface area contributed by atoms with Crippen LogP contribution in [0, 0.1) is 0 Å². The third-order valence-corrected chi connectivity index (χ3v) is 5.26. The normalized spacial score (nSPS) is 26.2. The van der Waals surface area contributed by atoms with Crippen LogP contribution in [0.5, 0.6) is 0 Å². The predicted molar refractivity (Wildman–Crippen MR) is 109 cm³/mol. The maximum atomic E-state index is 10.1. The Morgan fingerprint density at radius 2 is 1.81 bits per heavy atom. The second-order valence-corrected chi connectivity index (χ2v) is 7.32. The van der Waals surface area contributed by atoms with E-state index in [1.54, 1.807) is 22.6 Å². The summed E-state index contributed by atoms with van der Waals surface area (Å²) in [4.78, 5) is 14.3. The number of alkyl halides is 1. The molecule has 27 heavy (non-hydrogen) atoms. The molecule has 0 amide bonds. The van der Waals surface area contributed by atoms with Gasteiger partial charge in [0.2, 0.25) is 0 Å². The van der Waals surface area contributed by atoms with Gasteiger partial charge in [-0.15, -0.1) is 0 Å². The summed E-state index contributed by atoms with van der Waals surface area (Å²) in [7, 11) is 0. The van der Waals surface area contributed by atoms with E-state index in [9.17, 15) is 15.3 Å². The summed E-state index contributed by atoms with van der Waals surface area (Å²) in [6.07, 6.45) is -1.54. The Bertz CT molecular complexity index is 720. The molecule has 3 heterocycles. The molecule has 0 radical (unpaired) electrons. The third kappa shape index (κ3) is 4.84. The first-order valence-corrected chi connectivity index (χ1v) is 10.1. The predicted octanol–water partition coefficient (Wildman–Crippen LogP) is 0.129. The summed E-state index contributed by atoms with van der Waals surface area (Å²) in [5.41, 5.74) is 6.46. The molecule has 1 fully saturated rings. The average Bonchev–Trinajstić information content (AvgIpc) is 3.20. The molecule has 0 saturated carbocycles. The standard InChI is InChI=1S/C10H12IN5O4.C6H15N/c11-7(19)6-4(17)5(18)10(20-6)16-2-15-3-8(12)13-1-14-9(3)16;1-4-7(5-2)6-3/h1-2,4-7,10,17-19H,(H2,12,13,14);4-6H2,1-3H3/t4-,5+,6-,7?,10+;/m0./s1. The lowest BCUT2D eigenvalue weighted by Crippen LogP contribution is -2.35. The molecule has 11 heteroatoms. The number of nitrogen functional groups attached to an aromatic ring is 1. The number of aliphatic hydroxyl groups is 3. The number of aliphatic hydroxyl groups excluding tert-OH is 3. The number of ether oxygens (including phenoxy) is 1. The zero-order valence-electron chi connectivity index (χ0n) is 15.6. The molecule has 0 spiro atoms. The van der Waals surface area contributed by atoms with Gasteiger partial charge >= 0.3 is 0 Å². The zero-order chi connectivity index (χ0) is 20.1. The Balaban J connectivity index is 0.000000321. The van der Waals surface area contributed by atoms with Crippen LogP contribution in [0.25, 0.3) is 11.2 Å². The van der Waals surface area contributed by atoms with Crippen LogP contribution >= 0.6 is 22.6 Å². The fourth-order valence-corrected chi connectivity index (χ4v) is 3.46. The van der Waals surface area contributed by atoms with Gasteiger partial charge in [-0.05, 0) is 42.2 Å². The summed E-state index contributed by atoms with van der Waals surface area (Å²) in [6.45, 7) is 10.1. The Morgan fingerprint density at radius 1 is 1.19 bits per heavy atom. The monoisotopic (exact) mass is 494 g/mol. The van der Waals surface area contributed by atoms with E-state index in [0.717, 1.165) is 0 Å². The molecule has 5 atom stereocenters. The van der Waals surface area contributed by atoms with Crippen molar-refractivity contribution < 1.29 is 20.1 Å². The van der Waals surface area contributed by atoms with Gasteiger partial charge in [-0.3, -0.25) is 4.57 Å². The Morgan fingerprint density at radius 3 is 2.30 bits per heavy atom. The first kappa shape index (κ1) is 22.2. The number of nitrogens with two attached hydrogens (primary N) is 1. The van der Waals surface area contributed by atoms with Gasteiger partial charge in [0.1, 0.15) is 34.3 Å². The van der Waals surface area contributed by atoms with Gasteiger partial charge < -0.3 is 30.7 Å². The molecule has 1 aliphatic rings. The van der Waals surface area contributed by atoms with Crippen LogP contribution in [0.1, 0.15) is 27.0 Å². The number of anilines is 1. The molecule has 5 N–H and O–H groups in total. The first-order chi connectivity index (χ1) is 12.8. The summed E-state index contributed by atoms with van der Waals surface area (Å²) >= 11 is 1.71. The molecule has 10 nitrogen and oxygen atoms in total. The van der Waals surface area contributed by atoms with Crippen LogP contribution < -0.4 is 5.73 Å². The molecular formula is C16H27IN6O4. The number of hydrogen-bond donors (Lipinski definition) is 4. The lowest BCUT2D eigenvalue weighted by molar-refractivity contribution is -0.0556. The van der Waals surface area contributed by atoms with Gasteiger partial charge in [0.15, 0.2) is 17.7 Å². The molecule has 2 aromatic rings. The van der Waals surface area contributed by atoms with E-state index in [0.29, 0.717) is 11.2 Å². The molecular weight excluding hydrogens is 467 g/mol. The van der Waals surface area contributed by atoms with Crippen molar-refractivity contribution in [2.75, 3.05) is 25.4 Å². The molecule has 1 unspecified atom stereocenters. The largest absolute Gasteiger partial charge is 0.387 e. The second kappa shape index (κ2) is 9.89. The van der Waals surface area contributed by atoms with E-state index in [4.69, 9.17) is 10.5 Å². The highest BCUT2D eigenvalue weighted by Crippen LogP contribution is 2.34. The Kier molecular flexibility index (Phi) is 8.12. The minimum atomic E-state index is -1.21. The number of imidazole rings is 1. The fourth-order valence-electron chi connectivity index (χ4n) is 2.87. The maximum Gasteiger partial charge on any atom is 0.167 e. The van der Waals surface area contributed by atoms with Crippen molar-refractivity contribution in [1.82, 2.24) is 24.4 Å².